The number of hydrogen-bond acceptors (Lipinski definition) is 3. The van der Waals surface area contributed by atoms with Gasteiger partial charge in [-0.15, -0.1) is 0 Å². The molecule has 3 aromatic rings. The van der Waals surface area contributed by atoms with Crippen LogP contribution in [-0.2, 0) is 19.3 Å². The van der Waals surface area contributed by atoms with Crippen LogP contribution in [0.3, 0.4) is 0 Å². The fourth-order valence-corrected chi connectivity index (χ4v) is 4.45. The molecule has 10 heteroatoms. The van der Waals surface area contributed by atoms with E-state index in [9.17, 15) is 18.0 Å². The summed E-state index contributed by atoms with van der Waals surface area (Å²) in [7, 11) is 0. The minimum atomic E-state index is -4.60. The lowest BCUT2D eigenvalue weighted by Gasteiger charge is -2.11. The number of alkyl halides is 3. The van der Waals surface area contributed by atoms with E-state index in [4.69, 9.17) is 27.9 Å². The summed E-state index contributed by atoms with van der Waals surface area (Å²) in [6, 6.07) is 12.4. The van der Waals surface area contributed by atoms with Crippen molar-refractivity contribution < 1.29 is 22.7 Å². The van der Waals surface area contributed by atoms with Crippen molar-refractivity contribution in [1.29, 1.82) is 0 Å². The molecule has 1 aliphatic carbocycles. The van der Waals surface area contributed by atoms with Crippen LogP contribution in [0.15, 0.2) is 42.5 Å². The summed E-state index contributed by atoms with van der Waals surface area (Å²) in [5.74, 6) is 0.455. The van der Waals surface area contributed by atoms with Crippen LogP contribution in [0.5, 0.6) is 5.75 Å². The number of benzene rings is 2. The van der Waals surface area contributed by atoms with Crippen LogP contribution in [0.2, 0.25) is 10.0 Å². The average molecular weight is 526 g/mol. The molecule has 0 unspecified atom stereocenters. The van der Waals surface area contributed by atoms with Crippen molar-refractivity contribution in [2.75, 3.05) is 6.54 Å². The molecule has 0 radical (unpaired) electrons. The Labute approximate surface area is 211 Å². The topological polar surface area (TPSA) is 56.1 Å². The molecule has 1 amide bonds. The molecule has 0 aliphatic heterocycles. The third kappa shape index (κ3) is 6.30. The second-order valence-electron chi connectivity index (χ2n) is 8.55. The van der Waals surface area contributed by atoms with Crippen molar-refractivity contribution in [3.8, 4) is 5.75 Å². The molecule has 2 aromatic carbocycles. The molecule has 0 atom stereocenters. The zero-order valence-electron chi connectivity index (χ0n) is 19.0. The quantitative estimate of drug-likeness (QED) is 0.313. The molecule has 1 N–H and O–H groups in total. The van der Waals surface area contributed by atoms with Gasteiger partial charge in [0.05, 0.1) is 10.7 Å². The first kappa shape index (κ1) is 25.4. The van der Waals surface area contributed by atoms with E-state index in [-0.39, 0.29) is 36.5 Å². The lowest BCUT2D eigenvalue weighted by atomic mass is 10.1. The number of ether oxygens (including phenoxy) is 1. The molecule has 1 saturated carbocycles. The van der Waals surface area contributed by atoms with E-state index in [1.165, 1.54) is 4.68 Å². The molecule has 0 bridgehead atoms. The number of rotatable bonds is 9. The van der Waals surface area contributed by atoms with Gasteiger partial charge in [-0.3, -0.25) is 9.48 Å². The Balaban J connectivity index is 1.31. The zero-order valence-corrected chi connectivity index (χ0v) is 20.5. The highest BCUT2D eigenvalue weighted by molar-refractivity contribution is 6.32. The van der Waals surface area contributed by atoms with E-state index in [1.807, 2.05) is 19.1 Å². The van der Waals surface area contributed by atoms with Gasteiger partial charge in [-0.05, 0) is 67.6 Å². The molecule has 1 aliphatic rings. The summed E-state index contributed by atoms with van der Waals surface area (Å²) < 4.78 is 46.8. The van der Waals surface area contributed by atoms with Crippen LogP contribution >= 0.6 is 23.2 Å². The van der Waals surface area contributed by atoms with Gasteiger partial charge in [-0.2, -0.15) is 18.3 Å². The number of halogens is 5. The summed E-state index contributed by atoms with van der Waals surface area (Å²) in [4.78, 5) is 12.6. The van der Waals surface area contributed by atoms with E-state index < -0.39 is 11.9 Å². The van der Waals surface area contributed by atoms with E-state index in [0.717, 1.165) is 24.0 Å². The van der Waals surface area contributed by atoms with Gasteiger partial charge >= 0.3 is 6.18 Å². The van der Waals surface area contributed by atoms with E-state index >= 15 is 0 Å². The summed E-state index contributed by atoms with van der Waals surface area (Å²) in [5, 5.41) is 6.85. The molecule has 0 spiro atoms. The van der Waals surface area contributed by atoms with Crippen molar-refractivity contribution in [3.63, 3.8) is 0 Å². The van der Waals surface area contributed by atoms with Crippen LogP contribution in [-0.4, -0.2) is 22.2 Å². The highest BCUT2D eigenvalue weighted by atomic mass is 35.5. The van der Waals surface area contributed by atoms with Crippen LogP contribution in [0.25, 0.3) is 0 Å². The molecular formula is C25H24Cl2F3N3O2. The predicted molar refractivity (Wildman–Crippen MR) is 128 cm³/mol. The molecule has 1 fully saturated rings. The Bertz CT molecular complexity index is 1220. The first-order valence-electron chi connectivity index (χ1n) is 11.2. The molecule has 186 valence electrons. The maximum absolute atomic E-state index is 13.2. The Morgan fingerprint density at radius 3 is 2.66 bits per heavy atom. The molecule has 0 saturated heterocycles. The number of carbonyl (C=O) groups is 1. The lowest BCUT2D eigenvalue weighted by Crippen LogP contribution is -2.25. The SMILES string of the molecule is Cc1cc(Cl)ccc1OCc1cccc(C(=O)NCCCn2nc(C(F)(F)F)c(Cl)c2C2CC2)c1. The zero-order chi connectivity index (χ0) is 25.2. The Morgan fingerprint density at radius 2 is 1.97 bits per heavy atom. The van der Waals surface area contributed by atoms with Gasteiger partial charge < -0.3 is 10.1 Å². The third-order valence-corrected chi connectivity index (χ3v) is 6.32. The number of aromatic nitrogens is 2. The Kier molecular flexibility index (Phi) is 7.62. The molecule has 5 nitrogen and oxygen atoms in total. The van der Waals surface area contributed by atoms with Gasteiger partial charge in [0.1, 0.15) is 12.4 Å². The Morgan fingerprint density at radius 1 is 1.20 bits per heavy atom. The molecule has 35 heavy (non-hydrogen) atoms. The summed E-state index contributed by atoms with van der Waals surface area (Å²) in [5.41, 5.74) is 1.61. The Hall–Kier alpha value is -2.71. The largest absolute Gasteiger partial charge is 0.489 e. The fourth-order valence-electron chi connectivity index (χ4n) is 3.82. The average Bonchev–Trinajstić information content (AvgIpc) is 3.58. The summed E-state index contributed by atoms with van der Waals surface area (Å²) >= 11 is 12.0. The van der Waals surface area contributed by atoms with Gasteiger partial charge in [0.2, 0.25) is 0 Å². The van der Waals surface area contributed by atoms with Crippen molar-refractivity contribution >= 4 is 29.1 Å². The van der Waals surface area contributed by atoms with E-state index in [2.05, 4.69) is 10.4 Å². The third-order valence-electron chi connectivity index (χ3n) is 5.72. The number of carbonyl (C=O) groups excluding carboxylic acids is 1. The first-order chi connectivity index (χ1) is 16.6. The highest BCUT2D eigenvalue weighted by Crippen LogP contribution is 2.46. The number of nitrogens with one attached hydrogen (secondary N) is 1. The van der Waals surface area contributed by atoms with E-state index in [0.29, 0.717) is 28.5 Å². The first-order valence-corrected chi connectivity index (χ1v) is 12.0. The summed E-state index contributed by atoms with van der Waals surface area (Å²) in [6.45, 7) is 2.71. The second kappa shape index (κ2) is 10.5. The monoisotopic (exact) mass is 525 g/mol. The molecule has 1 heterocycles. The van der Waals surface area contributed by atoms with Gasteiger partial charge in [0.15, 0.2) is 5.69 Å². The molecule has 4 rings (SSSR count). The van der Waals surface area contributed by atoms with Gasteiger partial charge in [0.25, 0.3) is 5.91 Å². The maximum atomic E-state index is 13.2. The molecule has 1 aromatic heterocycles. The summed E-state index contributed by atoms with van der Waals surface area (Å²) in [6.07, 6.45) is -2.57. The number of nitrogens with zero attached hydrogens (tertiary/aromatic N) is 2. The minimum absolute atomic E-state index is 0.0160. The van der Waals surface area contributed by atoms with Crippen LogP contribution in [0, 0.1) is 6.92 Å². The normalized spacial score (nSPS) is 13.7. The second-order valence-corrected chi connectivity index (χ2v) is 9.37. The molecular weight excluding hydrogens is 502 g/mol. The van der Waals surface area contributed by atoms with Gasteiger partial charge in [0, 0.05) is 29.6 Å². The van der Waals surface area contributed by atoms with Gasteiger partial charge in [-0.25, -0.2) is 0 Å². The highest BCUT2D eigenvalue weighted by Gasteiger charge is 2.41. The number of amides is 1. The van der Waals surface area contributed by atoms with E-state index in [1.54, 1.807) is 30.3 Å². The van der Waals surface area contributed by atoms with Gasteiger partial charge in [-0.1, -0.05) is 35.3 Å². The lowest BCUT2D eigenvalue weighted by molar-refractivity contribution is -0.141. The van der Waals surface area contributed by atoms with Crippen molar-refractivity contribution in [2.24, 2.45) is 0 Å². The fraction of sp³-hybridized carbons (Fsp3) is 0.360. The van der Waals surface area contributed by atoms with Crippen molar-refractivity contribution in [1.82, 2.24) is 15.1 Å². The van der Waals surface area contributed by atoms with Crippen LogP contribution in [0.1, 0.15) is 58.1 Å². The predicted octanol–water partition coefficient (Wildman–Crippen LogP) is 6.79. The minimum Gasteiger partial charge on any atom is -0.489 e. The standard InChI is InChI=1S/C25H24Cl2F3N3O2/c1-15-12-19(26)8-9-20(15)35-14-16-4-2-5-18(13-16)24(34)31-10-3-11-33-22(17-6-7-17)21(27)23(32-33)25(28,29)30/h2,4-5,8-9,12-13,17H,3,6-7,10-11,14H2,1H3,(H,31,34). The number of aryl methyl sites for hydroxylation is 2. The number of hydrogen-bond donors (Lipinski definition) is 1. The smallest absolute Gasteiger partial charge is 0.436 e. The maximum Gasteiger partial charge on any atom is 0.436 e. The van der Waals surface area contributed by atoms with Crippen molar-refractivity contribution in [2.45, 2.75) is 51.4 Å². The van der Waals surface area contributed by atoms with Crippen LogP contribution < -0.4 is 10.1 Å². The van der Waals surface area contributed by atoms with Crippen molar-refractivity contribution in [3.05, 3.63) is 80.6 Å². The van der Waals surface area contributed by atoms with Crippen LogP contribution in [0.4, 0.5) is 13.2 Å².